The van der Waals surface area contributed by atoms with Crippen LogP contribution >= 0.6 is 0 Å². The van der Waals surface area contributed by atoms with Gasteiger partial charge in [-0.2, -0.15) is 0 Å². The van der Waals surface area contributed by atoms with Crippen LogP contribution < -0.4 is 10.6 Å². The lowest BCUT2D eigenvalue weighted by Gasteiger charge is -2.21. The number of guanidine groups is 1. The van der Waals surface area contributed by atoms with Crippen LogP contribution in [0.1, 0.15) is 17.9 Å². The van der Waals surface area contributed by atoms with E-state index in [9.17, 15) is 4.79 Å². The van der Waals surface area contributed by atoms with Crippen LogP contribution in [0.4, 0.5) is 5.69 Å². The molecule has 3 rings (SSSR count). The zero-order valence-electron chi connectivity index (χ0n) is 14.5. The minimum Gasteiger partial charge on any atom is -0.347 e. The molecule has 0 aromatic heterocycles. The van der Waals surface area contributed by atoms with Gasteiger partial charge in [0, 0.05) is 31.7 Å². The summed E-state index contributed by atoms with van der Waals surface area (Å²) >= 11 is 0. The third kappa shape index (κ3) is 4.59. The number of hydrogen-bond donors (Lipinski definition) is 2. The van der Waals surface area contributed by atoms with Crippen molar-refractivity contribution in [1.82, 2.24) is 10.2 Å². The number of para-hydroxylation sites is 1. The normalized spacial score (nSPS) is 17.4. The average Bonchev–Trinajstić information content (AvgIpc) is 3.14. The monoisotopic (exact) mass is 336 g/mol. The molecule has 0 bridgehead atoms. The highest BCUT2D eigenvalue weighted by molar-refractivity contribution is 5.95. The summed E-state index contributed by atoms with van der Waals surface area (Å²) in [5.41, 5.74) is 2.16. The number of hydrogen-bond acceptors (Lipinski definition) is 2. The zero-order valence-corrected chi connectivity index (χ0v) is 14.5. The van der Waals surface area contributed by atoms with Gasteiger partial charge in [0.15, 0.2) is 5.96 Å². The van der Waals surface area contributed by atoms with Crippen molar-refractivity contribution in [2.45, 2.75) is 12.3 Å². The molecule has 5 heteroatoms. The topological polar surface area (TPSA) is 56.7 Å². The van der Waals surface area contributed by atoms with Gasteiger partial charge in [0.1, 0.15) is 0 Å². The van der Waals surface area contributed by atoms with Crippen molar-refractivity contribution in [2.24, 2.45) is 4.99 Å². The smallest absolute Gasteiger partial charge is 0.243 e. The van der Waals surface area contributed by atoms with Crippen molar-refractivity contribution in [3.63, 3.8) is 0 Å². The molecular weight excluding hydrogens is 312 g/mol. The Morgan fingerprint density at radius 3 is 2.48 bits per heavy atom. The van der Waals surface area contributed by atoms with Gasteiger partial charge in [0.25, 0.3) is 0 Å². The Morgan fingerprint density at radius 1 is 1.12 bits per heavy atom. The molecule has 0 saturated carbocycles. The molecule has 1 heterocycles. The molecule has 0 spiro atoms. The average molecular weight is 336 g/mol. The molecule has 2 aromatic carbocycles. The van der Waals surface area contributed by atoms with Crippen molar-refractivity contribution in [2.75, 3.05) is 32.0 Å². The predicted molar refractivity (Wildman–Crippen MR) is 102 cm³/mol. The summed E-state index contributed by atoms with van der Waals surface area (Å²) in [4.78, 5) is 18.6. The second kappa shape index (κ2) is 8.33. The molecule has 5 nitrogen and oxygen atoms in total. The van der Waals surface area contributed by atoms with Crippen LogP contribution in [0.5, 0.6) is 0 Å². The molecule has 1 aliphatic rings. The molecule has 0 radical (unpaired) electrons. The Labute approximate surface area is 148 Å². The van der Waals surface area contributed by atoms with E-state index in [1.807, 2.05) is 36.4 Å². The minimum absolute atomic E-state index is 0.0776. The number of carbonyl (C=O) groups is 1. The number of anilines is 1. The second-order valence-electron chi connectivity index (χ2n) is 6.16. The molecular formula is C20H24N4O. The van der Waals surface area contributed by atoms with Gasteiger partial charge in [-0.05, 0) is 24.1 Å². The van der Waals surface area contributed by atoms with Gasteiger partial charge in [-0.25, -0.2) is 0 Å². The van der Waals surface area contributed by atoms with Gasteiger partial charge >= 0.3 is 0 Å². The van der Waals surface area contributed by atoms with E-state index in [0.29, 0.717) is 5.92 Å². The highest BCUT2D eigenvalue weighted by Crippen LogP contribution is 2.26. The highest BCUT2D eigenvalue weighted by atomic mass is 16.1. The summed E-state index contributed by atoms with van der Waals surface area (Å²) < 4.78 is 0. The largest absolute Gasteiger partial charge is 0.347 e. The maximum absolute atomic E-state index is 12.1. The van der Waals surface area contributed by atoms with E-state index >= 15 is 0 Å². The van der Waals surface area contributed by atoms with Crippen LogP contribution in [0.25, 0.3) is 0 Å². The van der Waals surface area contributed by atoms with Crippen molar-refractivity contribution in [3.05, 3.63) is 66.2 Å². The molecule has 1 atom stereocenters. The molecule has 0 aliphatic carbocycles. The van der Waals surface area contributed by atoms with Crippen molar-refractivity contribution < 1.29 is 4.79 Å². The van der Waals surface area contributed by atoms with Crippen LogP contribution in [-0.2, 0) is 4.79 Å². The Bertz CT molecular complexity index is 715. The molecule has 1 amide bonds. The molecule has 1 saturated heterocycles. The fourth-order valence-corrected chi connectivity index (χ4v) is 3.17. The standard InChI is InChI=1S/C20H24N4O/c1-21-20(22-14-19(25)23-18-10-6-3-7-11-18)24-13-12-17(15-24)16-8-4-2-5-9-16/h2-11,17H,12-15H2,1H3,(H,21,22)(H,23,25). The lowest BCUT2D eigenvalue weighted by atomic mass is 9.99. The summed E-state index contributed by atoms with van der Waals surface area (Å²) in [5.74, 6) is 1.21. The van der Waals surface area contributed by atoms with Gasteiger partial charge in [0.2, 0.25) is 5.91 Å². The molecule has 1 unspecified atom stereocenters. The van der Waals surface area contributed by atoms with E-state index < -0.39 is 0 Å². The Kier molecular flexibility index (Phi) is 5.67. The first-order chi connectivity index (χ1) is 12.3. The molecule has 25 heavy (non-hydrogen) atoms. The van der Waals surface area contributed by atoms with E-state index in [1.54, 1.807) is 7.05 Å². The van der Waals surface area contributed by atoms with Crippen LogP contribution in [0.3, 0.4) is 0 Å². The number of carbonyl (C=O) groups excluding carboxylic acids is 1. The summed E-state index contributed by atoms with van der Waals surface area (Å²) in [7, 11) is 1.76. The maximum atomic E-state index is 12.1. The number of aliphatic imine (C=N–C) groups is 1. The van der Waals surface area contributed by atoms with E-state index in [1.165, 1.54) is 5.56 Å². The first-order valence-electron chi connectivity index (χ1n) is 8.61. The number of amides is 1. The van der Waals surface area contributed by atoms with Gasteiger partial charge in [-0.1, -0.05) is 48.5 Å². The zero-order chi connectivity index (χ0) is 17.5. The number of likely N-dealkylation sites (tertiary alicyclic amines) is 1. The van der Waals surface area contributed by atoms with Crippen molar-refractivity contribution in [1.29, 1.82) is 0 Å². The van der Waals surface area contributed by atoms with Crippen LogP contribution in [0.2, 0.25) is 0 Å². The summed E-state index contributed by atoms with van der Waals surface area (Å²) in [6.07, 6.45) is 1.10. The second-order valence-corrected chi connectivity index (χ2v) is 6.16. The minimum atomic E-state index is -0.0776. The number of nitrogens with zero attached hydrogens (tertiary/aromatic N) is 2. The quantitative estimate of drug-likeness (QED) is 0.667. The fraction of sp³-hybridized carbons (Fsp3) is 0.300. The van der Waals surface area contributed by atoms with Crippen LogP contribution in [0.15, 0.2) is 65.7 Å². The Balaban J connectivity index is 1.51. The number of rotatable bonds is 4. The molecule has 1 aliphatic heterocycles. The SMILES string of the molecule is CN=C(NCC(=O)Nc1ccccc1)N1CCC(c2ccccc2)C1. The van der Waals surface area contributed by atoms with Crippen LogP contribution in [0, 0.1) is 0 Å². The van der Waals surface area contributed by atoms with Gasteiger partial charge in [-0.15, -0.1) is 0 Å². The van der Waals surface area contributed by atoms with Gasteiger partial charge < -0.3 is 15.5 Å². The van der Waals surface area contributed by atoms with E-state index in [-0.39, 0.29) is 12.5 Å². The highest BCUT2D eigenvalue weighted by Gasteiger charge is 2.26. The molecule has 2 N–H and O–H groups in total. The lowest BCUT2D eigenvalue weighted by Crippen LogP contribution is -2.43. The number of benzene rings is 2. The molecule has 2 aromatic rings. The maximum Gasteiger partial charge on any atom is 0.243 e. The summed E-state index contributed by atoms with van der Waals surface area (Å²) in [6.45, 7) is 2.07. The Hall–Kier alpha value is -2.82. The van der Waals surface area contributed by atoms with E-state index in [0.717, 1.165) is 31.2 Å². The third-order valence-corrected chi connectivity index (χ3v) is 4.44. The van der Waals surface area contributed by atoms with E-state index in [4.69, 9.17) is 0 Å². The Morgan fingerprint density at radius 2 is 1.80 bits per heavy atom. The van der Waals surface area contributed by atoms with E-state index in [2.05, 4.69) is 44.8 Å². The third-order valence-electron chi connectivity index (χ3n) is 4.44. The van der Waals surface area contributed by atoms with Gasteiger partial charge in [-0.3, -0.25) is 9.79 Å². The van der Waals surface area contributed by atoms with Crippen molar-refractivity contribution >= 4 is 17.6 Å². The fourth-order valence-electron chi connectivity index (χ4n) is 3.17. The van der Waals surface area contributed by atoms with Crippen molar-refractivity contribution in [3.8, 4) is 0 Å². The molecule has 1 fully saturated rings. The lowest BCUT2D eigenvalue weighted by molar-refractivity contribution is -0.115. The summed E-state index contributed by atoms with van der Waals surface area (Å²) in [5, 5.41) is 6.04. The first kappa shape index (κ1) is 17.0. The predicted octanol–water partition coefficient (Wildman–Crippen LogP) is 2.69. The number of nitrogens with one attached hydrogen (secondary N) is 2. The van der Waals surface area contributed by atoms with Crippen LogP contribution in [-0.4, -0.2) is 43.4 Å². The van der Waals surface area contributed by atoms with Gasteiger partial charge in [0.05, 0.1) is 6.54 Å². The summed E-state index contributed by atoms with van der Waals surface area (Å²) in [6, 6.07) is 20.0. The first-order valence-corrected chi connectivity index (χ1v) is 8.61. The molecule has 130 valence electrons.